The van der Waals surface area contributed by atoms with Crippen LogP contribution in [0.5, 0.6) is 5.75 Å². The summed E-state index contributed by atoms with van der Waals surface area (Å²) in [4.78, 5) is 8.03. The molecule has 0 aliphatic heterocycles. The molecule has 3 rings (SSSR count). The van der Waals surface area contributed by atoms with Gasteiger partial charge in [0, 0.05) is 0 Å². The van der Waals surface area contributed by atoms with Gasteiger partial charge in [-0.15, -0.1) is 0 Å². The molecule has 3 aromatic rings. The van der Waals surface area contributed by atoms with Crippen molar-refractivity contribution in [3.63, 3.8) is 0 Å². The van der Waals surface area contributed by atoms with Crippen LogP contribution in [-0.2, 0) is 6.42 Å². The van der Waals surface area contributed by atoms with Gasteiger partial charge in [0.15, 0.2) is 6.10 Å². The first-order valence-electron chi connectivity index (χ1n) is 7.79. The molecule has 0 aliphatic carbocycles. The summed E-state index contributed by atoms with van der Waals surface area (Å²) in [5.41, 5.74) is 5.90. The van der Waals surface area contributed by atoms with Crippen LogP contribution in [0.3, 0.4) is 0 Å². The quantitative estimate of drug-likeness (QED) is 0.744. The number of H-pyrrole nitrogens is 1. The first kappa shape index (κ1) is 14.6. The molecule has 0 amide bonds. The predicted octanol–water partition coefficient (Wildman–Crippen LogP) is 4.88. The zero-order chi connectivity index (χ0) is 15.7. The number of rotatable bonds is 4. The SMILES string of the molecule is CCc1ccc(O[C@H](C)c2nc3cc(C)c(C)cc3[nH]2)cc1. The number of benzene rings is 2. The molecule has 0 unspecified atom stereocenters. The standard InChI is InChI=1S/C19H22N2O/c1-5-15-6-8-16(9-7-15)22-14(4)19-20-17-10-12(2)13(3)11-18(17)21-19/h6-11,14H,5H2,1-4H3,(H,20,21)/t14-/m1/s1. The second-order valence-electron chi connectivity index (χ2n) is 5.83. The van der Waals surface area contributed by atoms with E-state index in [9.17, 15) is 0 Å². The lowest BCUT2D eigenvalue weighted by Crippen LogP contribution is -2.05. The average Bonchev–Trinajstić information content (AvgIpc) is 2.91. The van der Waals surface area contributed by atoms with Gasteiger partial charge in [0.05, 0.1) is 11.0 Å². The third-order valence-corrected chi connectivity index (χ3v) is 4.15. The summed E-state index contributed by atoms with van der Waals surface area (Å²) in [5.74, 6) is 1.73. The van der Waals surface area contributed by atoms with Gasteiger partial charge in [-0.2, -0.15) is 0 Å². The van der Waals surface area contributed by atoms with Crippen LogP contribution in [0, 0.1) is 13.8 Å². The molecule has 0 aliphatic rings. The minimum absolute atomic E-state index is 0.111. The van der Waals surface area contributed by atoms with E-state index >= 15 is 0 Å². The van der Waals surface area contributed by atoms with Crippen LogP contribution in [0.2, 0.25) is 0 Å². The van der Waals surface area contributed by atoms with E-state index < -0.39 is 0 Å². The maximum atomic E-state index is 6.00. The third kappa shape index (κ3) is 2.84. The summed E-state index contributed by atoms with van der Waals surface area (Å²) in [6.45, 7) is 8.39. The Labute approximate surface area is 131 Å². The van der Waals surface area contributed by atoms with Gasteiger partial charge in [0.1, 0.15) is 11.6 Å². The average molecular weight is 294 g/mol. The van der Waals surface area contributed by atoms with Gasteiger partial charge in [-0.3, -0.25) is 0 Å². The number of nitrogens with one attached hydrogen (secondary N) is 1. The Morgan fingerprint density at radius 2 is 1.77 bits per heavy atom. The molecule has 0 saturated carbocycles. The van der Waals surface area contributed by atoms with Crippen LogP contribution in [0.1, 0.15) is 42.5 Å². The lowest BCUT2D eigenvalue weighted by Gasteiger charge is -2.12. The predicted molar refractivity (Wildman–Crippen MR) is 90.4 cm³/mol. The van der Waals surface area contributed by atoms with E-state index in [1.807, 2.05) is 19.1 Å². The zero-order valence-corrected chi connectivity index (χ0v) is 13.6. The van der Waals surface area contributed by atoms with E-state index in [1.165, 1.54) is 16.7 Å². The minimum atomic E-state index is -0.111. The third-order valence-electron chi connectivity index (χ3n) is 4.15. The second-order valence-corrected chi connectivity index (χ2v) is 5.83. The highest BCUT2D eigenvalue weighted by atomic mass is 16.5. The summed E-state index contributed by atoms with van der Waals surface area (Å²) in [6, 6.07) is 12.5. The molecule has 0 radical (unpaired) electrons. The Bertz CT molecular complexity index is 748. The molecule has 1 N–H and O–H groups in total. The monoisotopic (exact) mass is 294 g/mol. The molecule has 1 aromatic heterocycles. The Balaban J connectivity index is 1.83. The fourth-order valence-corrected chi connectivity index (χ4v) is 2.55. The maximum Gasteiger partial charge on any atom is 0.153 e. The molecule has 2 aromatic carbocycles. The van der Waals surface area contributed by atoms with Crippen LogP contribution in [0.4, 0.5) is 0 Å². The second kappa shape index (κ2) is 5.84. The number of fused-ring (bicyclic) bond motifs is 1. The van der Waals surface area contributed by atoms with Gasteiger partial charge in [-0.25, -0.2) is 4.98 Å². The zero-order valence-electron chi connectivity index (χ0n) is 13.6. The van der Waals surface area contributed by atoms with Crippen molar-refractivity contribution < 1.29 is 4.74 Å². The molecule has 1 heterocycles. The molecule has 3 nitrogen and oxygen atoms in total. The number of imidazole rings is 1. The summed E-state index contributed by atoms with van der Waals surface area (Å²) in [5, 5.41) is 0. The van der Waals surface area contributed by atoms with Crippen LogP contribution in [0.25, 0.3) is 11.0 Å². The highest BCUT2D eigenvalue weighted by Gasteiger charge is 2.13. The van der Waals surface area contributed by atoms with Crippen molar-refractivity contribution >= 4 is 11.0 Å². The van der Waals surface area contributed by atoms with E-state index in [-0.39, 0.29) is 6.10 Å². The fraction of sp³-hybridized carbons (Fsp3) is 0.316. The first-order valence-corrected chi connectivity index (χ1v) is 7.79. The molecule has 3 heteroatoms. The van der Waals surface area contributed by atoms with E-state index in [2.05, 4.69) is 55.0 Å². The van der Waals surface area contributed by atoms with E-state index in [0.29, 0.717) is 0 Å². The van der Waals surface area contributed by atoms with Crippen molar-refractivity contribution in [2.75, 3.05) is 0 Å². The van der Waals surface area contributed by atoms with Crippen molar-refractivity contribution in [2.45, 2.75) is 40.2 Å². The maximum absolute atomic E-state index is 6.00. The van der Waals surface area contributed by atoms with E-state index in [1.54, 1.807) is 0 Å². The highest BCUT2D eigenvalue weighted by Crippen LogP contribution is 2.24. The van der Waals surface area contributed by atoms with Gasteiger partial charge >= 0.3 is 0 Å². The molecular formula is C19H22N2O. The molecule has 1 atom stereocenters. The normalized spacial score (nSPS) is 12.5. The van der Waals surface area contributed by atoms with Crippen molar-refractivity contribution in [1.82, 2.24) is 9.97 Å². The van der Waals surface area contributed by atoms with Gasteiger partial charge in [0.2, 0.25) is 0 Å². The Hall–Kier alpha value is -2.29. The fourth-order valence-electron chi connectivity index (χ4n) is 2.55. The van der Waals surface area contributed by atoms with Crippen molar-refractivity contribution in [3.05, 3.63) is 58.9 Å². The number of ether oxygens (including phenoxy) is 1. The summed E-state index contributed by atoms with van der Waals surface area (Å²) < 4.78 is 6.00. The van der Waals surface area contributed by atoms with Crippen LogP contribution in [0.15, 0.2) is 36.4 Å². The number of aromatic nitrogens is 2. The molecule has 0 fully saturated rings. The van der Waals surface area contributed by atoms with E-state index in [0.717, 1.165) is 29.0 Å². The largest absolute Gasteiger partial charge is 0.483 e. The van der Waals surface area contributed by atoms with E-state index in [4.69, 9.17) is 4.74 Å². The van der Waals surface area contributed by atoms with Gasteiger partial charge < -0.3 is 9.72 Å². The lowest BCUT2D eigenvalue weighted by molar-refractivity contribution is 0.218. The summed E-state index contributed by atoms with van der Waals surface area (Å²) in [7, 11) is 0. The molecule has 22 heavy (non-hydrogen) atoms. The van der Waals surface area contributed by atoms with Crippen molar-refractivity contribution in [3.8, 4) is 5.75 Å². The Morgan fingerprint density at radius 3 is 2.45 bits per heavy atom. The van der Waals surface area contributed by atoms with Gasteiger partial charge in [0.25, 0.3) is 0 Å². The number of nitrogens with zero attached hydrogens (tertiary/aromatic N) is 1. The number of hydrogen-bond acceptors (Lipinski definition) is 2. The van der Waals surface area contributed by atoms with Crippen LogP contribution >= 0.6 is 0 Å². The van der Waals surface area contributed by atoms with Crippen LogP contribution < -0.4 is 4.74 Å². The summed E-state index contributed by atoms with van der Waals surface area (Å²) in [6.07, 6.45) is 0.929. The number of hydrogen-bond donors (Lipinski definition) is 1. The molecule has 0 spiro atoms. The molecular weight excluding hydrogens is 272 g/mol. The number of aryl methyl sites for hydroxylation is 3. The van der Waals surface area contributed by atoms with Gasteiger partial charge in [-0.1, -0.05) is 19.1 Å². The minimum Gasteiger partial charge on any atom is -0.483 e. The van der Waals surface area contributed by atoms with Crippen LogP contribution in [-0.4, -0.2) is 9.97 Å². The Morgan fingerprint density at radius 1 is 1.09 bits per heavy atom. The molecule has 0 bridgehead atoms. The number of aromatic amines is 1. The molecule has 114 valence electrons. The highest BCUT2D eigenvalue weighted by molar-refractivity contribution is 5.77. The smallest absolute Gasteiger partial charge is 0.153 e. The van der Waals surface area contributed by atoms with Crippen molar-refractivity contribution in [2.24, 2.45) is 0 Å². The van der Waals surface area contributed by atoms with Gasteiger partial charge in [-0.05, 0) is 68.1 Å². The van der Waals surface area contributed by atoms with Crippen molar-refractivity contribution in [1.29, 1.82) is 0 Å². The summed E-state index contributed by atoms with van der Waals surface area (Å²) >= 11 is 0. The first-order chi connectivity index (χ1) is 10.6. The lowest BCUT2D eigenvalue weighted by atomic mass is 10.1. The Kier molecular flexibility index (Phi) is 3.88. The topological polar surface area (TPSA) is 37.9 Å². The molecule has 0 saturated heterocycles.